The Morgan fingerprint density at radius 2 is 2.07 bits per heavy atom. The number of allylic oxidation sites excluding steroid dienone is 4. The maximum absolute atomic E-state index is 16.9. The molecular formula is C22H28ClFO4S. The first-order chi connectivity index (χ1) is 13.5. The van der Waals surface area contributed by atoms with Gasteiger partial charge in [0.15, 0.2) is 11.5 Å². The summed E-state index contributed by atoms with van der Waals surface area (Å²) in [6.45, 7) is 5.42. The second-order valence-electron chi connectivity index (χ2n) is 9.71. The van der Waals surface area contributed by atoms with Gasteiger partial charge in [-0.1, -0.05) is 37.3 Å². The van der Waals surface area contributed by atoms with Crippen LogP contribution in [0.1, 0.15) is 46.5 Å². The molecule has 0 radical (unpaired) electrons. The number of rotatable bonds is 2. The molecule has 4 nitrogen and oxygen atoms in total. The predicted octanol–water partition coefficient (Wildman–Crippen LogP) is 3.79. The number of aliphatic hydroxyl groups excluding tert-OH is 1. The van der Waals surface area contributed by atoms with Crippen molar-refractivity contribution in [1.82, 2.24) is 0 Å². The minimum absolute atomic E-state index is 0.00918. The van der Waals surface area contributed by atoms with Crippen molar-refractivity contribution in [3.63, 3.8) is 0 Å². The van der Waals surface area contributed by atoms with Gasteiger partial charge in [-0.05, 0) is 56.6 Å². The summed E-state index contributed by atoms with van der Waals surface area (Å²) in [4.78, 5) is 24.8. The molecule has 2 N–H and O–H groups in total. The van der Waals surface area contributed by atoms with Crippen LogP contribution in [0.3, 0.4) is 0 Å². The third kappa shape index (κ3) is 2.46. The zero-order valence-electron chi connectivity index (χ0n) is 17.0. The fourth-order valence-corrected chi connectivity index (χ4v) is 8.19. The van der Waals surface area contributed by atoms with Crippen molar-refractivity contribution >= 4 is 34.3 Å². The zero-order chi connectivity index (χ0) is 21.4. The number of aliphatic hydroxyl groups is 2. The molecule has 0 unspecified atom stereocenters. The monoisotopic (exact) mass is 442 g/mol. The third-order valence-electron chi connectivity index (χ3n) is 8.72. The van der Waals surface area contributed by atoms with Crippen molar-refractivity contribution in [3.8, 4) is 0 Å². The Labute approximate surface area is 180 Å². The van der Waals surface area contributed by atoms with Gasteiger partial charge in [0.05, 0.1) is 11.3 Å². The van der Waals surface area contributed by atoms with Gasteiger partial charge in [-0.2, -0.15) is 0 Å². The summed E-state index contributed by atoms with van der Waals surface area (Å²) in [7, 11) is 0. The number of hydrogen-bond donors (Lipinski definition) is 2. The van der Waals surface area contributed by atoms with Gasteiger partial charge in [0.25, 0.3) is 0 Å². The van der Waals surface area contributed by atoms with Crippen molar-refractivity contribution in [3.05, 3.63) is 23.8 Å². The molecule has 3 fully saturated rings. The van der Waals surface area contributed by atoms with Gasteiger partial charge in [-0.25, -0.2) is 4.39 Å². The Kier molecular flexibility index (Phi) is 4.94. The third-order valence-corrected chi connectivity index (χ3v) is 9.73. The molecule has 8 atom stereocenters. The lowest BCUT2D eigenvalue weighted by Crippen LogP contribution is -2.69. The molecule has 0 aromatic carbocycles. The maximum atomic E-state index is 16.9. The second-order valence-corrected chi connectivity index (χ2v) is 11.2. The topological polar surface area (TPSA) is 74.6 Å². The normalized spacial score (nSPS) is 51.1. The second kappa shape index (κ2) is 6.65. The van der Waals surface area contributed by atoms with E-state index >= 15 is 4.39 Å². The molecule has 0 bridgehead atoms. The van der Waals surface area contributed by atoms with E-state index in [0.717, 1.165) is 17.3 Å². The molecule has 0 amide bonds. The summed E-state index contributed by atoms with van der Waals surface area (Å²) in [5.41, 5.74) is -4.89. The number of carbonyl (C=O) groups excluding carboxylic acids is 2. The first-order valence-corrected chi connectivity index (χ1v) is 11.8. The fraction of sp³-hybridized carbons (Fsp3) is 0.727. The minimum atomic E-state index is -1.95. The van der Waals surface area contributed by atoms with Gasteiger partial charge in [0.1, 0.15) is 5.60 Å². The van der Waals surface area contributed by atoms with Crippen LogP contribution in [0.25, 0.3) is 0 Å². The number of fused-ring (bicyclic) bond motifs is 5. The van der Waals surface area contributed by atoms with Gasteiger partial charge < -0.3 is 10.2 Å². The van der Waals surface area contributed by atoms with Crippen LogP contribution >= 0.6 is 23.4 Å². The van der Waals surface area contributed by atoms with E-state index in [0.29, 0.717) is 19.3 Å². The Balaban J connectivity index is 1.81. The van der Waals surface area contributed by atoms with E-state index in [1.165, 1.54) is 12.2 Å². The van der Waals surface area contributed by atoms with Crippen LogP contribution in [0.4, 0.5) is 4.39 Å². The number of alkyl halides is 2. The van der Waals surface area contributed by atoms with Gasteiger partial charge in [0.2, 0.25) is 5.12 Å². The van der Waals surface area contributed by atoms with E-state index in [2.05, 4.69) is 0 Å². The highest BCUT2D eigenvalue weighted by Gasteiger charge is 2.75. The number of thioether (sulfide) groups is 1. The van der Waals surface area contributed by atoms with Crippen molar-refractivity contribution in [2.24, 2.45) is 28.6 Å². The number of hydrogen-bond acceptors (Lipinski definition) is 5. The van der Waals surface area contributed by atoms with Gasteiger partial charge in [-0.15, -0.1) is 11.6 Å². The van der Waals surface area contributed by atoms with Crippen molar-refractivity contribution in [1.29, 1.82) is 0 Å². The van der Waals surface area contributed by atoms with Crippen molar-refractivity contribution in [2.75, 3.05) is 5.21 Å². The molecular weight excluding hydrogens is 415 g/mol. The highest BCUT2D eigenvalue weighted by molar-refractivity contribution is 8.14. The number of ketones is 1. The molecule has 4 rings (SSSR count). The summed E-state index contributed by atoms with van der Waals surface area (Å²) in [6.07, 6.45) is 4.71. The smallest absolute Gasteiger partial charge is 0.222 e. The molecule has 29 heavy (non-hydrogen) atoms. The molecule has 160 valence electrons. The number of carbonyl (C=O) groups is 2. The molecule has 4 aliphatic rings. The quantitative estimate of drug-likeness (QED) is 0.636. The zero-order valence-corrected chi connectivity index (χ0v) is 18.5. The fourth-order valence-electron chi connectivity index (χ4n) is 7.14. The Morgan fingerprint density at radius 1 is 1.38 bits per heavy atom. The Morgan fingerprint density at radius 3 is 2.72 bits per heavy atom. The van der Waals surface area contributed by atoms with E-state index in [1.807, 2.05) is 13.8 Å². The molecule has 7 heteroatoms. The largest absolute Gasteiger partial charge is 0.390 e. The van der Waals surface area contributed by atoms with Crippen molar-refractivity contribution < 1.29 is 24.2 Å². The highest BCUT2D eigenvalue weighted by Crippen LogP contribution is 2.71. The van der Waals surface area contributed by atoms with E-state index in [1.54, 1.807) is 13.0 Å². The summed E-state index contributed by atoms with van der Waals surface area (Å²) in [5.74, 6) is -1.27. The summed E-state index contributed by atoms with van der Waals surface area (Å²) in [5, 5.41) is 22.5. The molecule has 0 heterocycles. The number of halogens is 2. The van der Waals surface area contributed by atoms with Gasteiger partial charge in [-0.3, -0.25) is 9.59 Å². The summed E-state index contributed by atoms with van der Waals surface area (Å²) >= 11 is 6.63. The van der Waals surface area contributed by atoms with Gasteiger partial charge >= 0.3 is 0 Å². The van der Waals surface area contributed by atoms with Crippen LogP contribution in [0, 0.1) is 28.6 Å². The minimum Gasteiger partial charge on any atom is -0.390 e. The first kappa shape index (κ1) is 21.5. The van der Waals surface area contributed by atoms with Crippen molar-refractivity contribution in [2.45, 2.75) is 63.8 Å². The molecule has 0 aromatic heterocycles. The van der Waals surface area contributed by atoms with E-state index < -0.39 is 39.2 Å². The lowest BCUT2D eigenvalue weighted by molar-refractivity contribution is -0.216. The summed E-state index contributed by atoms with van der Waals surface area (Å²) < 4.78 is 16.9. The van der Waals surface area contributed by atoms with E-state index in [9.17, 15) is 19.8 Å². The molecule has 0 aromatic rings. The molecule has 0 spiro atoms. The van der Waals surface area contributed by atoms with Crippen LogP contribution in [-0.4, -0.2) is 43.7 Å². The van der Waals surface area contributed by atoms with E-state index in [4.69, 9.17) is 11.6 Å². The molecule has 3 saturated carbocycles. The van der Waals surface area contributed by atoms with Crippen LogP contribution in [0.5, 0.6) is 0 Å². The standard InChI is InChI=1S/C22H28ClFO4S/c1-12-8-16-15-5-4-13-9-14(25)6-7-19(13,2)21(15,24)17(26)10-20(16,3)22(12,28)18(27)29-11-23/h6-7,9,12,15-17,26,28H,4-5,8,10-11H2,1-3H3/t12-,15-,16-,17-,19-,20-,21-,22-/m0/s1. The Bertz CT molecular complexity index is 830. The lowest BCUT2D eigenvalue weighted by atomic mass is 9.45. The lowest BCUT2D eigenvalue weighted by Gasteiger charge is -2.62. The Hall–Kier alpha value is -0.690. The predicted molar refractivity (Wildman–Crippen MR) is 111 cm³/mol. The van der Waals surface area contributed by atoms with Gasteiger partial charge in [0, 0.05) is 16.7 Å². The first-order valence-electron chi connectivity index (χ1n) is 10.2. The highest BCUT2D eigenvalue weighted by atomic mass is 35.5. The summed E-state index contributed by atoms with van der Waals surface area (Å²) in [6, 6.07) is 0. The molecule has 4 aliphatic carbocycles. The maximum Gasteiger partial charge on any atom is 0.222 e. The van der Waals surface area contributed by atoms with Crippen LogP contribution < -0.4 is 0 Å². The van der Waals surface area contributed by atoms with Crippen LogP contribution in [0.15, 0.2) is 23.8 Å². The van der Waals surface area contributed by atoms with E-state index in [-0.39, 0.29) is 29.3 Å². The van der Waals surface area contributed by atoms with Crippen LogP contribution in [-0.2, 0) is 9.59 Å². The molecule has 0 aliphatic heterocycles. The van der Waals surface area contributed by atoms with Crippen LogP contribution in [0.2, 0.25) is 0 Å². The SMILES string of the molecule is C[C@H]1C[C@H]2[C@@H]3CCC4=CC(=O)C=C[C@]4(C)[C@@]3(F)[C@@H](O)C[C@]2(C)[C@@]1(O)C(=O)SCCl. The average molecular weight is 443 g/mol. The molecule has 0 saturated heterocycles. The average Bonchev–Trinajstić information content (AvgIpc) is 2.85.